The summed E-state index contributed by atoms with van der Waals surface area (Å²) in [6.07, 6.45) is 5.18. The van der Waals surface area contributed by atoms with Gasteiger partial charge in [0, 0.05) is 6.20 Å². The van der Waals surface area contributed by atoms with E-state index in [9.17, 15) is 4.79 Å². The van der Waals surface area contributed by atoms with E-state index < -0.39 is 0 Å². The van der Waals surface area contributed by atoms with Crippen LogP contribution in [0.3, 0.4) is 0 Å². The van der Waals surface area contributed by atoms with Crippen LogP contribution in [0.4, 0.5) is 0 Å². The van der Waals surface area contributed by atoms with Crippen LogP contribution < -0.4 is 0 Å². The van der Waals surface area contributed by atoms with Gasteiger partial charge in [-0.2, -0.15) is 4.99 Å². The van der Waals surface area contributed by atoms with Gasteiger partial charge in [-0.1, -0.05) is 11.6 Å². The summed E-state index contributed by atoms with van der Waals surface area (Å²) in [6.45, 7) is 0. The van der Waals surface area contributed by atoms with Crippen molar-refractivity contribution in [3.05, 3.63) is 29.0 Å². The molecule has 15 heavy (non-hydrogen) atoms. The number of hydrogen-bond acceptors (Lipinski definition) is 4. The minimum atomic E-state index is -0.294. The Bertz CT molecular complexity index is 372. The number of nitrogens with zero attached hydrogens (tertiary/aromatic N) is 2. The first kappa shape index (κ1) is 12.5. The summed E-state index contributed by atoms with van der Waals surface area (Å²) in [6, 6.07) is 3.18. The molecule has 6 heteroatoms. The number of carbonyl (C=O) groups is 1. The molecule has 3 nitrogen and oxygen atoms in total. The minimum absolute atomic E-state index is 0.294. The van der Waals surface area contributed by atoms with Gasteiger partial charge in [0.05, 0.1) is 5.56 Å². The van der Waals surface area contributed by atoms with Gasteiger partial charge in [-0.05, 0) is 24.6 Å². The highest BCUT2D eigenvalue weighted by atomic mass is 35.5. The van der Waals surface area contributed by atoms with E-state index in [0.29, 0.717) is 10.7 Å². The highest BCUT2D eigenvalue weighted by Gasteiger charge is 2.06. The number of aromatic nitrogens is 1. The van der Waals surface area contributed by atoms with Crippen LogP contribution in [0.5, 0.6) is 0 Å². The normalized spacial score (nSPS) is 9.80. The molecule has 0 saturated heterocycles. The molecule has 0 aliphatic rings. The largest absolute Gasteiger partial charge is 0.280 e. The topological polar surface area (TPSA) is 42.3 Å². The Morgan fingerprint density at radius 2 is 2.07 bits per heavy atom. The van der Waals surface area contributed by atoms with Gasteiger partial charge in [0.25, 0.3) is 5.91 Å². The van der Waals surface area contributed by atoms with E-state index in [0.717, 1.165) is 4.38 Å². The fraction of sp³-hybridized carbons (Fsp3) is 0.222. The molecule has 0 aromatic carbocycles. The van der Waals surface area contributed by atoms with Gasteiger partial charge in [-0.3, -0.25) is 4.79 Å². The highest BCUT2D eigenvalue weighted by Crippen LogP contribution is 2.13. The molecule has 0 aliphatic heterocycles. The SMILES string of the molecule is CSC(=NC(=O)c1ccc(Cl)nc1)SC. The van der Waals surface area contributed by atoms with Crippen molar-refractivity contribution in [3.8, 4) is 0 Å². The highest BCUT2D eigenvalue weighted by molar-refractivity contribution is 8.38. The molecule has 0 fully saturated rings. The molecule has 0 aliphatic carbocycles. The summed E-state index contributed by atoms with van der Waals surface area (Å²) in [5, 5.41) is 0.366. The molecule has 0 bridgehead atoms. The van der Waals surface area contributed by atoms with Gasteiger partial charge in [0.15, 0.2) is 0 Å². The lowest BCUT2D eigenvalue weighted by Crippen LogP contribution is -1.98. The summed E-state index contributed by atoms with van der Waals surface area (Å²) in [5.41, 5.74) is 0.444. The van der Waals surface area contributed by atoms with Crippen LogP contribution in [0, 0.1) is 0 Å². The van der Waals surface area contributed by atoms with Crippen molar-refractivity contribution in [1.82, 2.24) is 4.98 Å². The molecule has 1 heterocycles. The lowest BCUT2D eigenvalue weighted by Gasteiger charge is -1.98. The maximum absolute atomic E-state index is 11.6. The van der Waals surface area contributed by atoms with E-state index in [1.807, 2.05) is 12.5 Å². The van der Waals surface area contributed by atoms with E-state index in [4.69, 9.17) is 11.6 Å². The van der Waals surface area contributed by atoms with Gasteiger partial charge in [0.1, 0.15) is 9.53 Å². The number of amides is 1. The predicted molar refractivity (Wildman–Crippen MR) is 68.0 cm³/mol. The van der Waals surface area contributed by atoms with Crippen molar-refractivity contribution in [2.75, 3.05) is 12.5 Å². The second-order valence-electron chi connectivity index (χ2n) is 2.46. The van der Waals surface area contributed by atoms with Crippen molar-refractivity contribution in [3.63, 3.8) is 0 Å². The number of halogens is 1. The predicted octanol–water partition coefficient (Wildman–Crippen LogP) is 2.96. The lowest BCUT2D eigenvalue weighted by atomic mass is 10.3. The number of hydrogen-bond donors (Lipinski definition) is 0. The van der Waals surface area contributed by atoms with E-state index in [1.54, 1.807) is 12.1 Å². The Morgan fingerprint density at radius 1 is 1.40 bits per heavy atom. The zero-order valence-corrected chi connectivity index (χ0v) is 10.6. The van der Waals surface area contributed by atoms with Crippen LogP contribution in [0.15, 0.2) is 23.3 Å². The molecule has 0 atom stereocenters. The van der Waals surface area contributed by atoms with E-state index in [1.165, 1.54) is 29.7 Å². The quantitative estimate of drug-likeness (QED) is 0.442. The third-order valence-corrected chi connectivity index (χ3v) is 3.62. The number of rotatable bonds is 1. The number of pyridine rings is 1. The Balaban J connectivity index is 2.85. The number of carbonyl (C=O) groups excluding carboxylic acids is 1. The molecule has 1 aromatic rings. The third kappa shape index (κ3) is 3.85. The fourth-order valence-corrected chi connectivity index (χ4v) is 1.95. The van der Waals surface area contributed by atoms with Gasteiger partial charge in [-0.15, -0.1) is 23.5 Å². The van der Waals surface area contributed by atoms with Crippen molar-refractivity contribution >= 4 is 45.4 Å². The summed E-state index contributed by atoms with van der Waals surface area (Å²) >= 11 is 8.49. The second kappa shape index (κ2) is 6.15. The number of thioether (sulfide) groups is 2. The zero-order valence-electron chi connectivity index (χ0n) is 8.23. The molecular formula is C9H9ClN2OS2. The Morgan fingerprint density at radius 3 is 2.53 bits per heavy atom. The van der Waals surface area contributed by atoms with Gasteiger partial charge in [-0.25, -0.2) is 4.98 Å². The molecule has 0 N–H and O–H groups in total. The Kier molecular flexibility index (Phi) is 5.14. The lowest BCUT2D eigenvalue weighted by molar-refractivity contribution is 0.100. The average molecular weight is 261 g/mol. The van der Waals surface area contributed by atoms with Gasteiger partial charge < -0.3 is 0 Å². The van der Waals surface area contributed by atoms with Gasteiger partial charge in [0.2, 0.25) is 0 Å². The second-order valence-corrected chi connectivity index (χ2v) is 4.70. The summed E-state index contributed by atoms with van der Waals surface area (Å²) in [4.78, 5) is 19.3. The Hall–Kier alpha value is -0.520. The maximum atomic E-state index is 11.6. The Labute approximate surface area is 102 Å². The van der Waals surface area contributed by atoms with Crippen LogP contribution in [-0.2, 0) is 0 Å². The first-order valence-corrected chi connectivity index (χ1v) is 6.82. The zero-order chi connectivity index (χ0) is 11.3. The molecule has 0 spiro atoms. The fourth-order valence-electron chi connectivity index (χ4n) is 0.824. The standard InChI is InChI=1S/C9H9ClN2OS2/c1-14-9(15-2)12-8(13)6-3-4-7(10)11-5-6/h3-5H,1-2H3. The summed E-state index contributed by atoms with van der Waals surface area (Å²) in [7, 11) is 0. The van der Waals surface area contributed by atoms with Crippen molar-refractivity contribution in [2.45, 2.75) is 0 Å². The maximum Gasteiger partial charge on any atom is 0.280 e. The van der Waals surface area contributed by atoms with Crippen molar-refractivity contribution < 1.29 is 4.79 Å². The van der Waals surface area contributed by atoms with Crippen LogP contribution in [0.1, 0.15) is 10.4 Å². The molecule has 0 radical (unpaired) electrons. The smallest absolute Gasteiger partial charge is 0.267 e. The molecule has 80 valence electrons. The third-order valence-electron chi connectivity index (χ3n) is 1.52. The molecule has 0 saturated carbocycles. The molecule has 1 aromatic heterocycles. The molecule has 1 rings (SSSR count). The molecule has 1 amide bonds. The first-order valence-electron chi connectivity index (χ1n) is 4.00. The summed E-state index contributed by atoms with van der Waals surface area (Å²) in [5.74, 6) is -0.294. The van der Waals surface area contributed by atoms with E-state index in [2.05, 4.69) is 9.98 Å². The van der Waals surface area contributed by atoms with Crippen molar-refractivity contribution in [2.24, 2.45) is 4.99 Å². The van der Waals surface area contributed by atoms with Crippen LogP contribution in [-0.4, -0.2) is 27.8 Å². The van der Waals surface area contributed by atoms with Crippen LogP contribution >= 0.6 is 35.1 Å². The molecule has 0 unspecified atom stereocenters. The monoisotopic (exact) mass is 260 g/mol. The van der Waals surface area contributed by atoms with Gasteiger partial charge >= 0.3 is 0 Å². The average Bonchev–Trinajstić information content (AvgIpc) is 2.26. The van der Waals surface area contributed by atoms with E-state index in [-0.39, 0.29) is 5.91 Å². The number of aliphatic imine (C=N–C) groups is 1. The van der Waals surface area contributed by atoms with Crippen LogP contribution in [0.2, 0.25) is 5.15 Å². The first-order chi connectivity index (χ1) is 7.17. The van der Waals surface area contributed by atoms with Crippen molar-refractivity contribution in [1.29, 1.82) is 0 Å². The van der Waals surface area contributed by atoms with Crippen LogP contribution in [0.25, 0.3) is 0 Å². The molecular weight excluding hydrogens is 252 g/mol. The minimum Gasteiger partial charge on any atom is -0.267 e. The summed E-state index contributed by atoms with van der Waals surface area (Å²) < 4.78 is 0.731. The van der Waals surface area contributed by atoms with E-state index >= 15 is 0 Å².